The van der Waals surface area contributed by atoms with Crippen LogP contribution in [0.15, 0.2) is 36.5 Å². The van der Waals surface area contributed by atoms with Crippen molar-refractivity contribution in [2.24, 2.45) is 0 Å². The highest BCUT2D eigenvalue weighted by atomic mass is 16.5. The number of aryl methyl sites for hydroxylation is 1. The predicted octanol–water partition coefficient (Wildman–Crippen LogP) is 2.21. The highest BCUT2D eigenvalue weighted by molar-refractivity contribution is 5.89. The highest BCUT2D eigenvalue weighted by Gasteiger charge is 2.15. The highest BCUT2D eigenvalue weighted by Crippen LogP contribution is 2.35. The molecule has 1 aromatic heterocycles. The van der Waals surface area contributed by atoms with Gasteiger partial charge in [-0.3, -0.25) is 0 Å². The summed E-state index contributed by atoms with van der Waals surface area (Å²) in [6.07, 6.45) is 0.143. The first kappa shape index (κ1) is 15.2. The van der Waals surface area contributed by atoms with Crippen molar-refractivity contribution in [1.29, 1.82) is 0 Å². The molecule has 0 bridgehead atoms. The summed E-state index contributed by atoms with van der Waals surface area (Å²) in [6, 6.07) is 9.21. The molecule has 6 heteroatoms. The van der Waals surface area contributed by atoms with E-state index < -0.39 is 6.29 Å². The number of aliphatic hydroxyl groups is 2. The fraction of sp³-hybridized carbons (Fsp3) is 0.176. The van der Waals surface area contributed by atoms with Crippen LogP contribution in [-0.2, 0) is 0 Å². The Kier molecular flexibility index (Phi) is 3.85. The van der Waals surface area contributed by atoms with Crippen LogP contribution in [0.2, 0.25) is 0 Å². The van der Waals surface area contributed by atoms with Crippen LogP contribution in [0.25, 0.3) is 22.0 Å². The summed E-state index contributed by atoms with van der Waals surface area (Å²) in [5.41, 5.74) is 10.3. The first-order valence-electron chi connectivity index (χ1n) is 7.21. The van der Waals surface area contributed by atoms with Crippen molar-refractivity contribution in [2.75, 3.05) is 18.1 Å². The second-order valence-electron chi connectivity index (χ2n) is 5.35. The van der Waals surface area contributed by atoms with E-state index in [0.717, 1.165) is 27.6 Å². The fourth-order valence-corrected chi connectivity index (χ4v) is 2.66. The monoisotopic (exact) mass is 310 g/mol. The minimum Gasteiger partial charge on any atom is -0.398 e. The average Bonchev–Trinajstić information content (AvgIpc) is 2.54. The number of hydrogen-bond acceptors (Lipinski definition) is 6. The maximum Gasteiger partial charge on any atom is 0.222 e. The zero-order chi connectivity index (χ0) is 16.6. The number of nitrogens with one attached hydrogen (secondary N) is 1. The molecular formula is C17H18N4O2. The van der Waals surface area contributed by atoms with E-state index in [1.165, 1.54) is 0 Å². The second-order valence-corrected chi connectivity index (χ2v) is 5.35. The molecule has 0 amide bonds. The molecule has 0 saturated heterocycles. The van der Waals surface area contributed by atoms with Gasteiger partial charge in [-0.25, -0.2) is 9.97 Å². The Morgan fingerprint density at radius 1 is 1.17 bits per heavy atom. The Bertz CT molecular complexity index is 878. The van der Waals surface area contributed by atoms with Crippen molar-refractivity contribution in [2.45, 2.75) is 13.2 Å². The molecule has 0 atom stereocenters. The lowest BCUT2D eigenvalue weighted by Crippen LogP contribution is -2.04. The summed E-state index contributed by atoms with van der Waals surface area (Å²) >= 11 is 0. The van der Waals surface area contributed by atoms with Gasteiger partial charge in [-0.15, -0.1) is 0 Å². The number of anilines is 2. The molecule has 0 radical (unpaired) electrons. The van der Waals surface area contributed by atoms with Crippen LogP contribution < -0.4 is 11.1 Å². The molecule has 3 aromatic rings. The van der Waals surface area contributed by atoms with Crippen LogP contribution in [0.5, 0.6) is 0 Å². The molecule has 23 heavy (non-hydrogen) atoms. The molecule has 6 nitrogen and oxygen atoms in total. The average molecular weight is 310 g/mol. The van der Waals surface area contributed by atoms with Crippen LogP contribution in [0.1, 0.15) is 17.4 Å². The molecule has 5 N–H and O–H groups in total. The van der Waals surface area contributed by atoms with Crippen molar-refractivity contribution < 1.29 is 10.2 Å². The minimum absolute atomic E-state index is 0.299. The molecule has 0 saturated carbocycles. The molecule has 0 aliphatic rings. The molecular weight excluding hydrogens is 292 g/mol. The Hall–Kier alpha value is -2.70. The van der Waals surface area contributed by atoms with Gasteiger partial charge < -0.3 is 21.3 Å². The topological polar surface area (TPSA) is 104 Å². The summed E-state index contributed by atoms with van der Waals surface area (Å²) in [5.74, 6) is 0.561. The Morgan fingerprint density at radius 2 is 1.96 bits per heavy atom. The van der Waals surface area contributed by atoms with E-state index in [1.54, 1.807) is 19.3 Å². The summed E-state index contributed by atoms with van der Waals surface area (Å²) in [5, 5.41) is 22.7. The third-order valence-corrected chi connectivity index (χ3v) is 3.86. The molecule has 0 aliphatic heterocycles. The number of aromatic nitrogens is 2. The normalized spacial score (nSPS) is 11.2. The Morgan fingerprint density at radius 3 is 2.65 bits per heavy atom. The number of rotatable bonds is 3. The van der Waals surface area contributed by atoms with E-state index in [2.05, 4.69) is 15.3 Å². The maximum absolute atomic E-state index is 9.44. The van der Waals surface area contributed by atoms with Crippen LogP contribution >= 0.6 is 0 Å². The largest absolute Gasteiger partial charge is 0.398 e. The van der Waals surface area contributed by atoms with Gasteiger partial charge in [0.15, 0.2) is 6.29 Å². The smallest absolute Gasteiger partial charge is 0.222 e. The summed E-state index contributed by atoms with van der Waals surface area (Å²) in [6.45, 7) is 1.93. The quantitative estimate of drug-likeness (QED) is 0.437. The third kappa shape index (κ3) is 2.69. The number of hydrogen-bond donors (Lipinski definition) is 4. The number of benzene rings is 2. The molecule has 1 heterocycles. The van der Waals surface area contributed by atoms with E-state index in [9.17, 15) is 10.2 Å². The van der Waals surface area contributed by atoms with E-state index in [0.29, 0.717) is 17.2 Å². The van der Waals surface area contributed by atoms with Gasteiger partial charge in [-0.05, 0) is 30.2 Å². The van der Waals surface area contributed by atoms with Crippen molar-refractivity contribution in [3.63, 3.8) is 0 Å². The van der Waals surface area contributed by atoms with Gasteiger partial charge >= 0.3 is 0 Å². The zero-order valence-electron chi connectivity index (χ0n) is 12.9. The standard InChI is InChI=1S/C17H18N4O2/c1-9-3-5-12(16(22)23)15(18)14(9)10-4-6-13-11(7-10)8-20-17(19-2)21-13/h3-8,16,22-23H,18H2,1-2H3,(H,19,20,21). The molecule has 0 unspecified atom stereocenters. The predicted molar refractivity (Wildman–Crippen MR) is 90.8 cm³/mol. The third-order valence-electron chi connectivity index (χ3n) is 3.86. The van der Waals surface area contributed by atoms with Crippen LogP contribution in [0.4, 0.5) is 11.6 Å². The van der Waals surface area contributed by atoms with Gasteiger partial charge in [-0.2, -0.15) is 0 Å². The van der Waals surface area contributed by atoms with E-state index in [4.69, 9.17) is 5.73 Å². The van der Waals surface area contributed by atoms with Gasteiger partial charge in [-0.1, -0.05) is 18.2 Å². The lowest BCUT2D eigenvalue weighted by Gasteiger charge is -2.16. The lowest BCUT2D eigenvalue weighted by atomic mass is 9.94. The molecule has 118 valence electrons. The summed E-state index contributed by atoms with van der Waals surface area (Å²) in [7, 11) is 1.77. The lowest BCUT2D eigenvalue weighted by molar-refractivity contribution is -0.0418. The van der Waals surface area contributed by atoms with Crippen LogP contribution in [0, 0.1) is 6.92 Å². The minimum atomic E-state index is -1.60. The molecule has 0 aliphatic carbocycles. The van der Waals surface area contributed by atoms with Gasteiger partial charge in [0.25, 0.3) is 0 Å². The summed E-state index contributed by atoms with van der Waals surface area (Å²) < 4.78 is 0. The fourth-order valence-electron chi connectivity index (χ4n) is 2.66. The molecule has 0 fully saturated rings. The maximum atomic E-state index is 9.44. The van der Waals surface area contributed by atoms with Gasteiger partial charge in [0, 0.05) is 35.4 Å². The van der Waals surface area contributed by atoms with E-state index >= 15 is 0 Å². The van der Waals surface area contributed by atoms with Crippen molar-refractivity contribution in [3.05, 3.63) is 47.7 Å². The molecule has 2 aromatic carbocycles. The molecule has 3 rings (SSSR count). The number of fused-ring (bicyclic) bond motifs is 1. The number of nitrogens with two attached hydrogens (primary N) is 1. The van der Waals surface area contributed by atoms with Crippen LogP contribution in [-0.4, -0.2) is 27.2 Å². The van der Waals surface area contributed by atoms with E-state index in [1.807, 2.05) is 31.2 Å². The number of aliphatic hydroxyl groups excluding tert-OH is 1. The van der Waals surface area contributed by atoms with E-state index in [-0.39, 0.29) is 0 Å². The van der Waals surface area contributed by atoms with Crippen molar-refractivity contribution in [1.82, 2.24) is 9.97 Å². The van der Waals surface area contributed by atoms with Gasteiger partial charge in [0.1, 0.15) is 0 Å². The Balaban J connectivity index is 2.19. The number of nitrogens with zero attached hydrogens (tertiary/aromatic N) is 2. The van der Waals surface area contributed by atoms with Gasteiger partial charge in [0.05, 0.1) is 5.52 Å². The van der Waals surface area contributed by atoms with Crippen LogP contribution in [0.3, 0.4) is 0 Å². The first-order chi connectivity index (χ1) is 11.0. The van der Waals surface area contributed by atoms with Gasteiger partial charge in [0.2, 0.25) is 5.95 Å². The number of nitrogen functional groups attached to an aromatic ring is 1. The summed E-state index contributed by atoms with van der Waals surface area (Å²) in [4.78, 5) is 8.60. The zero-order valence-corrected chi connectivity index (χ0v) is 12.9. The van der Waals surface area contributed by atoms with Crippen molar-refractivity contribution in [3.8, 4) is 11.1 Å². The second kappa shape index (κ2) is 5.83. The molecule has 0 spiro atoms. The Labute approximate surface area is 133 Å². The first-order valence-corrected chi connectivity index (χ1v) is 7.21. The SMILES string of the molecule is CNc1ncc2cc(-c3c(C)ccc(C(O)O)c3N)ccc2n1. The van der Waals surface area contributed by atoms with Crippen molar-refractivity contribution >= 4 is 22.5 Å².